The minimum atomic E-state index is -3.66. The lowest BCUT2D eigenvalue weighted by Crippen LogP contribution is -2.37. The molecule has 174 valence electrons. The molecule has 0 fully saturated rings. The van der Waals surface area contributed by atoms with E-state index in [1.54, 1.807) is 0 Å². The molecule has 1 amide bonds. The third kappa shape index (κ3) is 11.3. The van der Waals surface area contributed by atoms with E-state index in [1.807, 2.05) is 13.0 Å². The topological polar surface area (TPSA) is 106 Å². The summed E-state index contributed by atoms with van der Waals surface area (Å²) in [6.45, 7) is 8.31. The molecule has 0 aliphatic rings. The molecule has 1 rings (SSSR count). The first kappa shape index (κ1) is 27.0. The molecule has 0 aliphatic carbocycles. The first-order chi connectivity index (χ1) is 14.5. The van der Waals surface area contributed by atoms with E-state index in [0.717, 1.165) is 41.8 Å². The van der Waals surface area contributed by atoms with Gasteiger partial charge >= 0.3 is 6.01 Å². The molecule has 0 aromatic carbocycles. The van der Waals surface area contributed by atoms with Crippen LogP contribution in [0.1, 0.15) is 59.8 Å². The summed E-state index contributed by atoms with van der Waals surface area (Å²) in [5, 5.41) is -0.587. The van der Waals surface area contributed by atoms with Crippen molar-refractivity contribution in [3.63, 3.8) is 0 Å². The second kappa shape index (κ2) is 13.4. The average Bonchev–Trinajstić information content (AvgIpc) is 3.13. The van der Waals surface area contributed by atoms with Gasteiger partial charge in [-0.3, -0.25) is 4.79 Å². The number of primary amides is 1. The van der Waals surface area contributed by atoms with E-state index in [9.17, 15) is 13.2 Å². The summed E-state index contributed by atoms with van der Waals surface area (Å²) < 4.78 is 31.4. The predicted molar refractivity (Wildman–Crippen MR) is 129 cm³/mol. The summed E-state index contributed by atoms with van der Waals surface area (Å²) in [5.74, 6) is -0.0393. The van der Waals surface area contributed by atoms with Crippen LogP contribution in [0.2, 0.25) is 0 Å². The Morgan fingerprint density at radius 2 is 1.81 bits per heavy atom. The largest absolute Gasteiger partial charge is 0.431 e. The molecule has 31 heavy (non-hydrogen) atoms. The predicted octanol–water partition coefficient (Wildman–Crippen LogP) is 4.79. The van der Waals surface area contributed by atoms with Crippen LogP contribution in [0.3, 0.4) is 0 Å². The van der Waals surface area contributed by atoms with Crippen LogP contribution in [-0.2, 0) is 14.8 Å². The Morgan fingerprint density at radius 1 is 1.16 bits per heavy atom. The summed E-state index contributed by atoms with van der Waals surface area (Å²) in [4.78, 5) is 15.1. The van der Waals surface area contributed by atoms with Gasteiger partial charge < -0.3 is 10.2 Å². The van der Waals surface area contributed by atoms with Gasteiger partial charge in [-0.05, 0) is 53.4 Å². The molecular weight excluding hydrogens is 434 g/mol. The lowest BCUT2D eigenvalue weighted by Gasteiger charge is -2.26. The summed E-state index contributed by atoms with van der Waals surface area (Å²) in [6.07, 6.45) is 14.1. The van der Waals surface area contributed by atoms with Crippen molar-refractivity contribution in [3.05, 3.63) is 47.4 Å². The number of oxazole rings is 1. The van der Waals surface area contributed by atoms with Crippen LogP contribution in [0.4, 0.5) is 6.01 Å². The maximum Gasteiger partial charge on any atom is 0.312 e. The van der Waals surface area contributed by atoms with Crippen LogP contribution in [0.25, 0.3) is 0 Å². The number of nitrogens with two attached hydrogens (primary N) is 1. The van der Waals surface area contributed by atoms with Crippen LogP contribution in [-0.4, -0.2) is 36.7 Å². The fourth-order valence-electron chi connectivity index (χ4n) is 2.79. The monoisotopic (exact) mass is 469 g/mol. The molecule has 0 saturated heterocycles. The molecule has 0 spiro atoms. The molecule has 7 nitrogen and oxygen atoms in total. The van der Waals surface area contributed by atoms with E-state index in [4.69, 9.17) is 10.2 Å². The second-order valence-corrected chi connectivity index (χ2v) is 10.9. The van der Waals surface area contributed by atoms with Gasteiger partial charge in [0, 0.05) is 12.2 Å². The number of amides is 1. The van der Waals surface area contributed by atoms with Crippen molar-refractivity contribution in [2.75, 3.05) is 16.3 Å². The van der Waals surface area contributed by atoms with Gasteiger partial charge in [0.05, 0.1) is 12.5 Å². The first-order valence-corrected chi connectivity index (χ1v) is 13.2. The number of anilines is 1. The Kier molecular flexibility index (Phi) is 11.7. The van der Waals surface area contributed by atoms with E-state index in [2.05, 4.69) is 37.9 Å². The highest BCUT2D eigenvalue weighted by molar-refractivity contribution is 8.01. The van der Waals surface area contributed by atoms with Gasteiger partial charge in [-0.1, -0.05) is 34.9 Å². The molecule has 9 heteroatoms. The zero-order valence-electron chi connectivity index (χ0n) is 19.1. The van der Waals surface area contributed by atoms with Gasteiger partial charge in [-0.15, -0.1) is 11.8 Å². The fourth-order valence-corrected chi connectivity index (χ4v) is 5.37. The minimum Gasteiger partial charge on any atom is -0.431 e. The molecule has 1 aromatic heterocycles. The Labute approximate surface area is 190 Å². The van der Waals surface area contributed by atoms with E-state index < -0.39 is 21.3 Å². The first-order valence-electron chi connectivity index (χ1n) is 10.3. The van der Waals surface area contributed by atoms with Crippen LogP contribution >= 0.6 is 11.8 Å². The average molecular weight is 470 g/mol. The number of sulfonamides is 1. The maximum absolute atomic E-state index is 12.5. The molecule has 0 bridgehead atoms. The highest BCUT2D eigenvalue weighted by atomic mass is 32.2. The second-order valence-electron chi connectivity index (χ2n) is 7.77. The summed E-state index contributed by atoms with van der Waals surface area (Å²) in [5.41, 5.74) is 8.96. The summed E-state index contributed by atoms with van der Waals surface area (Å²) in [6, 6.07) is -0.00172. The van der Waals surface area contributed by atoms with Gasteiger partial charge in [-0.25, -0.2) is 17.7 Å². The fraction of sp³-hybridized carbons (Fsp3) is 0.545. The molecule has 0 aliphatic heterocycles. The number of rotatable bonds is 14. The zero-order chi connectivity index (χ0) is 23.4. The smallest absolute Gasteiger partial charge is 0.312 e. The number of hydrogen-bond donors (Lipinski definition) is 1. The lowest BCUT2D eigenvalue weighted by molar-refractivity contribution is -0.117. The SMILES string of the molecule is CC(C)=CCC/C(C)=C/CC/C(C)=C/C(SCCC(N)=O)N(c1ncco1)S(C)(=O)=O. The summed E-state index contributed by atoms with van der Waals surface area (Å²) in [7, 11) is -3.66. The molecule has 1 unspecified atom stereocenters. The quantitative estimate of drug-likeness (QED) is 0.310. The Balaban J connectivity index is 2.93. The van der Waals surface area contributed by atoms with Crippen LogP contribution in [0.15, 0.2) is 51.8 Å². The van der Waals surface area contributed by atoms with Gasteiger partial charge in [0.25, 0.3) is 0 Å². The van der Waals surface area contributed by atoms with Crippen molar-refractivity contribution in [3.8, 4) is 0 Å². The maximum atomic E-state index is 12.5. The highest BCUT2D eigenvalue weighted by Crippen LogP contribution is 2.28. The summed E-state index contributed by atoms with van der Waals surface area (Å²) >= 11 is 1.31. The zero-order valence-corrected chi connectivity index (χ0v) is 20.8. The number of nitrogens with zero attached hydrogens (tertiary/aromatic N) is 2. The van der Waals surface area contributed by atoms with Crippen molar-refractivity contribution in [2.45, 2.75) is 65.2 Å². The van der Waals surface area contributed by atoms with Crippen molar-refractivity contribution in [1.29, 1.82) is 0 Å². The molecular formula is C22H35N3O4S2. The van der Waals surface area contributed by atoms with Crippen molar-refractivity contribution < 1.29 is 17.6 Å². The third-order valence-corrected chi connectivity index (χ3v) is 6.74. The Morgan fingerprint density at radius 3 is 2.35 bits per heavy atom. The van der Waals surface area contributed by atoms with Gasteiger partial charge in [-0.2, -0.15) is 0 Å². The number of hydrogen-bond acceptors (Lipinski definition) is 6. The van der Waals surface area contributed by atoms with E-state index in [0.29, 0.717) is 5.75 Å². The van der Waals surface area contributed by atoms with Crippen molar-refractivity contribution >= 4 is 33.7 Å². The standard InChI is InChI=1S/C22H35N3O4S2/c1-17(2)8-6-9-18(3)10-7-11-19(4)16-21(30-15-12-20(23)26)25(31(5,27)28)22-24-13-14-29-22/h8,10,13-14,16,21H,6-7,9,11-12,15H2,1-5H3,(H2,23,26)/b18-10+,19-16+. The van der Waals surface area contributed by atoms with Crippen LogP contribution in [0.5, 0.6) is 0 Å². The van der Waals surface area contributed by atoms with Crippen LogP contribution < -0.4 is 10.0 Å². The van der Waals surface area contributed by atoms with Gasteiger partial charge in [0.15, 0.2) is 0 Å². The molecule has 0 saturated carbocycles. The number of allylic oxidation sites excluding steroid dienone is 5. The number of carbonyl (C=O) groups is 1. The van der Waals surface area contributed by atoms with E-state index >= 15 is 0 Å². The molecule has 1 aromatic rings. The van der Waals surface area contributed by atoms with Crippen LogP contribution in [0, 0.1) is 0 Å². The van der Waals surface area contributed by atoms with Crippen molar-refractivity contribution in [1.82, 2.24) is 4.98 Å². The van der Waals surface area contributed by atoms with Gasteiger partial charge in [0.1, 0.15) is 11.6 Å². The number of aromatic nitrogens is 1. The Bertz CT molecular complexity index is 884. The third-order valence-electron chi connectivity index (χ3n) is 4.38. The van der Waals surface area contributed by atoms with E-state index in [-0.39, 0.29) is 12.4 Å². The minimum absolute atomic E-state index is 0.00172. The molecule has 0 radical (unpaired) electrons. The number of thioether (sulfide) groups is 1. The normalized spacial score (nSPS) is 13.7. The van der Waals surface area contributed by atoms with Crippen molar-refractivity contribution in [2.24, 2.45) is 5.73 Å². The highest BCUT2D eigenvalue weighted by Gasteiger charge is 2.29. The lowest BCUT2D eigenvalue weighted by atomic mass is 10.1. The molecule has 2 N–H and O–H groups in total. The number of carbonyl (C=O) groups excluding carboxylic acids is 1. The molecule has 1 heterocycles. The van der Waals surface area contributed by atoms with Gasteiger partial charge in [0.2, 0.25) is 15.9 Å². The molecule has 1 atom stereocenters. The Hall–Kier alpha value is -2.00. The van der Waals surface area contributed by atoms with E-state index in [1.165, 1.54) is 35.4 Å².